The Hall–Kier alpha value is -2.83. The van der Waals surface area contributed by atoms with Crippen LogP contribution in [0.25, 0.3) is 0 Å². The zero-order valence-electron chi connectivity index (χ0n) is 24.4. The van der Waals surface area contributed by atoms with E-state index >= 15 is 0 Å². The lowest BCUT2D eigenvalue weighted by molar-refractivity contribution is -0.198. The summed E-state index contributed by atoms with van der Waals surface area (Å²) in [5, 5.41) is 0. The van der Waals surface area contributed by atoms with Gasteiger partial charge < -0.3 is 19.1 Å². The quantitative estimate of drug-likeness (QED) is 0.485. The largest absolute Gasteiger partial charge is 0.493 e. The van der Waals surface area contributed by atoms with E-state index in [0.29, 0.717) is 6.04 Å². The molecule has 2 aromatic rings. The van der Waals surface area contributed by atoms with Gasteiger partial charge in [-0.2, -0.15) is 0 Å². The molecule has 6 nitrogen and oxygen atoms in total. The van der Waals surface area contributed by atoms with E-state index in [0.717, 1.165) is 68.1 Å². The average molecular weight is 553 g/mol. The molecule has 8 aliphatic rings. The van der Waals surface area contributed by atoms with Crippen LogP contribution in [0.15, 0.2) is 54.1 Å². The zero-order valence-corrected chi connectivity index (χ0v) is 24.4. The van der Waals surface area contributed by atoms with Crippen LogP contribution in [0.2, 0.25) is 0 Å². The second kappa shape index (κ2) is 7.96. The number of amides is 1. The summed E-state index contributed by atoms with van der Waals surface area (Å²) in [5.41, 5.74) is 3.40. The van der Waals surface area contributed by atoms with Gasteiger partial charge in [-0.15, -0.1) is 0 Å². The fraction of sp³-hybridized carbons (Fsp3) is 0.571. The molecule has 2 aromatic carbocycles. The summed E-state index contributed by atoms with van der Waals surface area (Å²) in [6.45, 7) is 2.25. The summed E-state index contributed by atoms with van der Waals surface area (Å²) in [4.78, 5) is 19.7. The van der Waals surface area contributed by atoms with Gasteiger partial charge in [0.2, 0.25) is 0 Å². The van der Waals surface area contributed by atoms with Gasteiger partial charge in [0.25, 0.3) is 5.91 Å². The van der Waals surface area contributed by atoms with Crippen molar-refractivity contribution in [2.75, 3.05) is 34.4 Å². The zero-order chi connectivity index (χ0) is 27.8. The number of carbonyl (C=O) groups is 1. The highest BCUT2D eigenvalue weighted by Crippen LogP contribution is 2.75. The van der Waals surface area contributed by atoms with E-state index < -0.39 is 5.60 Å². The lowest BCUT2D eigenvalue weighted by Crippen LogP contribution is -2.78. The van der Waals surface area contributed by atoms with E-state index in [4.69, 9.17) is 14.2 Å². The van der Waals surface area contributed by atoms with Gasteiger partial charge in [0.1, 0.15) is 11.7 Å². The molecule has 3 saturated carbocycles. The van der Waals surface area contributed by atoms with Crippen LogP contribution < -0.4 is 9.47 Å². The van der Waals surface area contributed by atoms with E-state index in [1.165, 1.54) is 36.1 Å². The molecule has 5 atom stereocenters. The highest BCUT2D eigenvalue weighted by molar-refractivity contribution is 5.98. The SMILES string of the molecule is COc1ccc2c3c1O[C@@H]1[C@]34CCN(CC3CC3)[C@H](C2)[C@@]42C=C(C(=O)N(C)C3(c4ccccc4)CC3)[C@]1(OC)CC2. The molecule has 4 bridgehead atoms. The number of hydrogen-bond acceptors (Lipinski definition) is 5. The summed E-state index contributed by atoms with van der Waals surface area (Å²) < 4.78 is 19.6. The molecule has 2 aliphatic heterocycles. The van der Waals surface area contributed by atoms with E-state index in [9.17, 15) is 4.79 Å². The molecule has 2 heterocycles. The van der Waals surface area contributed by atoms with E-state index in [1.807, 2.05) is 11.9 Å². The molecule has 41 heavy (non-hydrogen) atoms. The normalized spacial score (nSPS) is 36.7. The van der Waals surface area contributed by atoms with Crippen LogP contribution in [0.1, 0.15) is 61.6 Å². The predicted octanol–water partition coefficient (Wildman–Crippen LogP) is 4.99. The van der Waals surface area contributed by atoms with Crippen molar-refractivity contribution in [2.24, 2.45) is 11.3 Å². The molecule has 4 fully saturated rings. The van der Waals surface area contributed by atoms with Gasteiger partial charge in [0.05, 0.1) is 18.1 Å². The molecule has 0 aromatic heterocycles. The first-order valence-electron chi connectivity index (χ1n) is 15.7. The minimum absolute atomic E-state index is 0.103. The number of nitrogens with zero attached hydrogens (tertiary/aromatic N) is 2. The first kappa shape index (κ1) is 24.7. The molecule has 0 unspecified atom stereocenters. The van der Waals surface area contributed by atoms with E-state index in [-0.39, 0.29) is 28.4 Å². The second-order valence-corrected chi connectivity index (χ2v) is 14.0. The molecule has 1 saturated heterocycles. The maximum atomic E-state index is 14.8. The summed E-state index contributed by atoms with van der Waals surface area (Å²) in [7, 11) is 5.55. The Morgan fingerprint density at radius 1 is 1.05 bits per heavy atom. The minimum Gasteiger partial charge on any atom is -0.493 e. The topological polar surface area (TPSA) is 51.2 Å². The highest BCUT2D eigenvalue weighted by Gasteiger charge is 2.79. The lowest BCUT2D eigenvalue weighted by Gasteiger charge is -2.70. The third-order valence-electron chi connectivity index (χ3n) is 12.6. The van der Waals surface area contributed by atoms with Gasteiger partial charge in [-0.05, 0) is 81.0 Å². The third kappa shape index (κ3) is 2.80. The third-order valence-corrected chi connectivity index (χ3v) is 12.6. The van der Waals surface area contributed by atoms with Gasteiger partial charge in [-0.3, -0.25) is 9.69 Å². The Bertz CT molecular complexity index is 1490. The summed E-state index contributed by atoms with van der Waals surface area (Å²) in [6.07, 6.45) is 10.7. The average Bonchev–Trinajstić information content (AvgIpc) is 3.95. The molecular formula is C35H40N2O4. The summed E-state index contributed by atoms with van der Waals surface area (Å²) in [5.74, 6) is 2.63. The van der Waals surface area contributed by atoms with Crippen molar-refractivity contribution in [3.05, 3.63) is 70.8 Å². The Labute approximate surface area is 242 Å². The van der Waals surface area contributed by atoms with Crippen molar-refractivity contribution in [1.29, 1.82) is 0 Å². The second-order valence-electron chi connectivity index (χ2n) is 14.0. The Morgan fingerprint density at radius 3 is 2.56 bits per heavy atom. The van der Waals surface area contributed by atoms with Crippen LogP contribution in [0.5, 0.6) is 11.5 Å². The number of benzene rings is 2. The van der Waals surface area contributed by atoms with Crippen LogP contribution in [-0.4, -0.2) is 67.8 Å². The Balaban J connectivity index is 1.23. The van der Waals surface area contributed by atoms with Crippen LogP contribution in [0.3, 0.4) is 0 Å². The van der Waals surface area contributed by atoms with Gasteiger partial charge in [-0.1, -0.05) is 42.5 Å². The van der Waals surface area contributed by atoms with Crippen LogP contribution in [-0.2, 0) is 26.9 Å². The first-order chi connectivity index (χ1) is 19.9. The van der Waals surface area contributed by atoms with Crippen molar-refractivity contribution in [2.45, 2.75) is 80.1 Å². The highest BCUT2D eigenvalue weighted by atomic mass is 16.6. The number of fused-ring (bicyclic) bond motifs is 1. The summed E-state index contributed by atoms with van der Waals surface area (Å²) in [6, 6.07) is 15.3. The Morgan fingerprint density at radius 2 is 1.85 bits per heavy atom. The maximum Gasteiger partial charge on any atom is 0.253 e. The van der Waals surface area contributed by atoms with Crippen molar-refractivity contribution in [1.82, 2.24) is 9.80 Å². The fourth-order valence-corrected chi connectivity index (χ4v) is 10.3. The molecular weight excluding hydrogens is 512 g/mol. The van der Waals surface area contributed by atoms with Crippen molar-refractivity contribution in [3.8, 4) is 11.5 Å². The number of likely N-dealkylation sites (tertiary alicyclic amines) is 1. The smallest absolute Gasteiger partial charge is 0.253 e. The number of ether oxygens (including phenoxy) is 3. The molecule has 0 radical (unpaired) electrons. The number of methoxy groups -OCH3 is 2. The number of carbonyl (C=O) groups excluding carboxylic acids is 1. The van der Waals surface area contributed by atoms with E-state index in [2.05, 4.69) is 53.4 Å². The summed E-state index contributed by atoms with van der Waals surface area (Å²) >= 11 is 0. The van der Waals surface area contributed by atoms with Gasteiger partial charge in [0, 0.05) is 43.3 Å². The number of piperidine rings is 1. The number of hydrogen-bond donors (Lipinski definition) is 0. The van der Waals surface area contributed by atoms with Crippen LogP contribution in [0.4, 0.5) is 0 Å². The van der Waals surface area contributed by atoms with Crippen molar-refractivity contribution < 1.29 is 19.0 Å². The molecule has 6 aliphatic carbocycles. The standard InChI is InChI=1S/C35H40N2O4/c1-36(33(14-15-33)24-7-5-4-6-8-24)30(38)25-20-32-13-16-35(25,40-3)31-34(32)17-18-37(21-22-9-10-22)27(32)19-23-11-12-26(39-2)29(41-31)28(23)34/h4-8,11-12,20,22,27,31H,9-10,13-19,21H2,1-3H3/t27-,31-,32-,34+,35-/m1/s1. The van der Waals surface area contributed by atoms with Crippen LogP contribution >= 0.6 is 0 Å². The molecule has 0 N–H and O–H groups in total. The van der Waals surface area contributed by atoms with Gasteiger partial charge >= 0.3 is 0 Å². The predicted molar refractivity (Wildman–Crippen MR) is 155 cm³/mol. The number of likely N-dealkylation sites (N-methyl/N-ethyl adjacent to an activating group) is 1. The van der Waals surface area contributed by atoms with E-state index in [1.54, 1.807) is 14.2 Å². The minimum atomic E-state index is -0.790. The molecule has 214 valence electrons. The maximum absolute atomic E-state index is 14.8. The molecule has 1 amide bonds. The Kier molecular flexibility index (Phi) is 4.80. The first-order valence-corrected chi connectivity index (χ1v) is 15.7. The molecule has 10 rings (SSSR count). The van der Waals surface area contributed by atoms with Crippen molar-refractivity contribution >= 4 is 5.91 Å². The fourth-order valence-electron chi connectivity index (χ4n) is 10.3. The van der Waals surface area contributed by atoms with Crippen LogP contribution in [0, 0.1) is 11.3 Å². The van der Waals surface area contributed by atoms with Crippen molar-refractivity contribution in [3.63, 3.8) is 0 Å². The monoisotopic (exact) mass is 552 g/mol. The molecule has 2 spiro atoms. The van der Waals surface area contributed by atoms with Gasteiger partial charge in [-0.25, -0.2) is 0 Å². The molecule has 6 heteroatoms. The van der Waals surface area contributed by atoms with Gasteiger partial charge in [0.15, 0.2) is 11.5 Å². The lowest BCUT2D eigenvalue weighted by atomic mass is 9.37. The number of rotatable bonds is 7.